The molecular weight excluding hydrogens is 538 g/mol. The first-order valence-electron chi connectivity index (χ1n) is 15.1. The van der Waals surface area contributed by atoms with Crippen LogP contribution in [0.1, 0.15) is 84.4 Å². The third-order valence-electron chi connectivity index (χ3n) is 6.97. The fraction of sp³-hybridized carbons (Fsp3) is 0.417. The fourth-order valence-corrected chi connectivity index (χ4v) is 5.04. The number of carbonyl (C=O) groups is 3. The van der Waals surface area contributed by atoms with Crippen molar-refractivity contribution in [2.45, 2.75) is 84.9 Å². The SMILES string of the molecule is C#Cc1ccccc1C(C(=O)Nc1ccc2ccccc2c1)N(CCCCC)C(=O)C(CC(C)C)NC(=O)OC(C)(C)C. The molecule has 2 N–H and O–H groups in total. The molecule has 0 saturated carbocycles. The third kappa shape index (κ3) is 9.61. The van der Waals surface area contributed by atoms with Gasteiger partial charge in [-0.1, -0.05) is 88.1 Å². The number of anilines is 1. The van der Waals surface area contributed by atoms with Gasteiger partial charge in [-0.3, -0.25) is 9.59 Å². The Hall–Kier alpha value is -4.31. The first kappa shape index (κ1) is 33.2. The van der Waals surface area contributed by atoms with Gasteiger partial charge in [-0.2, -0.15) is 0 Å². The Balaban J connectivity index is 2.08. The summed E-state index contributed by atoms with van der Waals surface area (Å²) in [6.07, 6.45) is 8.07. The largest absolute Gasteiger partial charge is 0.444 e. The molecule has 7 heteroatoms. The van der Waals surface area contributed by atoms with E-state index < -0.39 is 23.8 Å². The minimum absolute atomic E-state index is 0.0873. The maximum absolute atomic E-state index is 14.4. The second-order valence-corrected chi connectivity index (χ2v) is 12.3. The Kier molecular flexibility index (Phi) is 11.8. The lowest BCUT2D eigenvalue weighted by Crippen LogP contribution is -2.53. The number of hydrogen-bond acceptors (Lipinski definition) is 4. The number of fused-ring (bicyclic) bond motifs is 1. The number of nitrogens with one attached hydrogen (secondary N) is 2. The number of carbonyl (C=O) groups excluding carboxylic acids is 3. The molecule has 0 aliphatic rings. The van der Waals surface area contributed by atoms with Gasteiger partial charge in [0.2, 0.25) is 5.91 Å². The summed E-state index contributed by atoms with van der Waals surface area (Å²) in [6, 6.07) is 18.9. The molecule has 0 saturated heterocycles. The van der Waals surface area contributed by atoms with Crippen molar-refractivity contribution in [2.75, 3.05) is 11.9 Å². The number of benzene rings is 3. The summed E-state index contributed by atoms with van der Waals surface area (Å²) in [5, 5.41) is 7.88. The van der Waals surface area contributed by atoms with Crippen LogP contribution in [0.2, 0.25) is 0 Å². The molecule has 0 fully saturated rings. The number of rotatable bonds is 12. The molecule has 0 aliphatic heterocycles. The molecule has 0 aliphatic carbocycles. The fourth-order valence-electron chi connectivity index (χ4n) is 5.04. The molecule has 0 heterocycles. The quantitative estimate of drug-likeness (QED) is 0.171. The number of ether oxygens (including phenoxy) is 1. The number of alkyl carbamates (subject to hydrolysis) is 1. The summed E-state index contributed by atoms with van der Waals surface area (Å²) in [5.41, 5.74) is 0.951. The standard InChI is InChI=1S/C36H45N3O4/c1-8-10-15-22-39(34(41)31(23-25(3)4)38-35(42)43-36(5,6)7)32(30-19-14-13-16-26(30)9-2)33(40)37-29-21-20-27-17-11-12-18-28(27)24-29/h2,11-14,16-21,24-25,31-32H,8,10,15,22-23H2,1,3-7H3,(H,37,40)(H,38,42). The monoisotopic (exact) mass is 583 g/mol. The normalized spacial score (nSPS) is 12.7. The lowest BCUT2D eigenvalue weighted by molar-refractivity contribution is -0.141. The summed E-state index contributed by atoms with van der Waals surface area (Å²) >= 11 is 0. The summed E-state index contributed by atoms with van der Waals surface area (Å²) in [5.74, 6) is 2.03. The van der Waals surface area contributed by atoms with E-state index in [2.05, 4.69) is 23.5 Å². The lowest BCUT2D eigenvalue weighted by Gasteiger charge is -2.35. The maximum Gasteiger partial charge on any atom is 0.408 e. The van der Waals surface area contributed by atoms with E-state index in [0.29, 0.717) is 36.2 Å². The van der Waals surface area contributed by atoms with E-state index >= 15 is 0 Å². The van der Waals surface area contributed by atoms with Gasteiger partial charge in [0, 0.05) is 17.8 Å². The summed E-state index contributed by atoms with van der Waals surface area (Å²) in [6.45, 7) is 11.7. The smallest absolute Gasteiger partial charge is 0.408 e. The van der Waals surface area contributed by atoms with E-state index in [1.165, 1.54) is 0 Å². The molecule has 3 rings (SSSR count). The van der Waals surface area contributed by atoms with Crippen LogP contribution in [0.5, 0.6) is 0 Å². The Morgan fingerprint density at radius 3 is 2.28 bits per heavy atom. The predicted octanol–water partition coefficient (Wildman–Crippen LogP) is 7.46. The number of nitrogens with zero attached hydrogens (tertiary/aromatic N) is 1. The van der Waals surface area contributed by atoms with Crippen LogP contribution in [0.4, 0.5) is 10.5 Å². The molecule has 0 radical (unpaired) electrons. The third-order valence-corrected chi connectivity index (χ3v) is 6.97. The Bertz CT molecular complexity index is 1450. The number of unbranched alkanes of at least 4 members (excludes halogenated alkanes) is 2. The van der Waals surface area contributed by atoms with Gasteiger partial charge in [0.05, 0.1) is 0 Å². The van der Waals surface area contributed by atoms with Gasteiger partial charge in [0.25, 0.3) is 5.91 Å². The van der Waals surface area contributed by atoms with Crippen LogP contribution < -0.4 is 10.6 Å². The van der Waals surface area contributed by atoms with Crippen molar-refractivity contribution in [2.24, 2.45) is 5.92 Å². The van der Waals surface area contributed by atoms with E-state index in [0.717, 1.165) is 23.6 Å². The minimum Gasteiger partial charge on any atom is -0.444 e. The second-order valence-electron chi connectivity index (χ2n) is 12.3. The average Bonchev–Trinajstić information content (AvgIpc) is 2.95. The molecule has 0 aromatic heterocycles. The average molecular weight is 584 g/mol. The lowest BCUT2D eigenvalue weighted by atomic mass is 9.95. The Morgan fingerprint density at radius 2 is 1.63 bits per heavy atom. The molecule has 3 aromatic rings. The number of hydrogen-bond donors (Lipinski definition) is 2. The molecule has 3 aromatic carbocycles. The van der Waals surface area contributed by atoms with E-state index in [-0.39, 0.29) is 17.7 Å². The molecule has 0 bridgehead atoms. The van der Waals surface area contributed by atoms with Crippen molar-refractivity contribution in [1.29, 1.82) is 0 Å². The van der Waals surface area contributed by atoms with Gasteiger partial charge in [0.15, 0.2) is 0 Å². The van der Waals surface area contributed by atoms with Gasteiger partial charge >= 0.3 is 6.09 Å². The molecule has 3 amide bonds. The highest BCUT2D eigenvalue weighted by Crippen LogP contribution is 2.29. The minimum atomic E-state index is -1.03. The van der Waals surface area contributed by atoms with Gasteiger partial charge < -0.3 is 20.3 Å². The van der Waals surface area contributed by atoms with Crippen molar-refractivity contribution in [3.63, 3.8) is 0 Å². The molecule has 43 heavy (non-hydrogen) atoms. The van der Waals surface area contributed by atoms with Crippen LogP contribution in [0.3, 0.4) is 0 Å². The van der Waals surface area contributed by atoms with E-state index in [1.54, 1.807) is 37.8 Å². The van der Waals surface area contributed by atoms with Gasteiger partial charge in [-0.25, -0.2) is 4.79 Å². The predicted molar refractivity (Wildman–Crippen MR) is 174 cm³/mol. The van der Waals surface area contributed by atoms with Crippen molar-refractivity contribution in [1.82, 2.24) is 10.2 Å². The van der Waals surface area contributed by atoms with Crippen LogP contribution in [-0.4, -0.2) is 41.0 Å². The number of amides is 3. The summed E-state index contributed by atoms with van der Waals surface area (Å²) in [4.78, 5) is 43.1. The first-order chi connectivity index (χ1) is 20.4. The van der Waals surface area contributed by atoms with Crippen molar-refractivity contribution >= 4 is 34.4 Å². The van der Waals surface area contributed by atoms with Gasteiger partial charge in [-0.05, 0) is 74.1 Å². The Labute approximate surface area is 256 Å². The van der Waals surface area contributed by atoms with Crippen LogP contribution in [0.15, 0.2) is 66.7 Å². The topological polar surface area (TPSA) is 87.7 Å². The van der Waals surface area contributed by atoms with Gasteiger partial charge in [0.1, 0.15) is 17.7 Å². The highest BCUT2D eigenvalue weighted by atomic mass is 16.6. The number of terminal acetylenes is 1. The molecule has 0 spiro atoms. The zero-order valence-corrected chi connectivity index (χ0v) is 26.3. The highest BCUT2D eigenvalue weighted by Gasteiger charge is 2.37. The van der Waals surface area contributed by atoms with E-state index in [9.17, 15) is 14.4 Å². The summed E-state index contributed by atoms with van der Waals surface area (Å²) in [7, 11) is 0. The van der Waals surface area contributed by atoms with Gasteiger partial charge in [-0.15, -0.1) is 6.42 Å². The van der Waals surface area contributed by atoms with Crippen LogP contribution in [-0.2, 0) is 14.3 Å². The molecular formula is C36H45N3O4. The van der Waals surface area contributed by atoms with Crippen molar-refractivity contribution in [3.05, 3.63) is 77.9 Å². The van der Waals surface area contributed by atoms with Crippen molar-refractivity contribution in [3.8, 4) is 12.3 Å². The zero-order chi connectivity index (χ0) is 31.6. The molecule has 7 nitrogen and oxygen atoms in total. The Morgan fingerprint density at radius 1 is 0.953 bits per heavy atom. The van der Waals surface area contributed by atoms with Crippen LogP contribution in [0.25, 0.3) is 10.8 Å². The summed E-state index contributed by atoms with van der Waals surface area (Å²) < 4.78 is 5.49. The van der Waals surface area contributed by atoms with Crippen LogP contribution in [0, 0.1) is 18.3 Å². The van der Waals surface area contributed by atoms with E-state index in [4.69, 9.17) is 11.2 Å². The molecule has 2 atom stereocenters. The second kappa shape index (κ2) is 15.2. The highest BCUT2D eigenvalue weighted by molar-refractivity contribution is 6.00. The van der Waals surface area contributed by atoms with Crippen LogP contribution >= 0.6 is 0 Å². The first-order valence-corrected chi connectivity index (χ1v) is 15.1. The van der Waals surface area contributed by atoms with E-state index in [1.807, 2.05) is 68.4 Å². The molecule has 2 unspecified atom stereocenters. The zero-order valence-electron chi connectivity index (χ0n) is 26.3. The molecule has 228 valence electrons. The van der Waals surface area contributed by atoms with Crippen molar-refractivity contribution < 1.29 is 19.1 Å². The maximum atomic E-state index is 14.4.